The molecule has 2 nitrogen and oxygen atoms in total. The smallest absolute Gasteiger partial charge is 0.123 e. The Bertz CT molecular complexity index is 1150. The van der Waals surface area contributed by atoms with Crippen molar-refractivity contribution in [3.8, 4) is 6.07 Å². The number of nitrogens with zero attached hydrogens (tertiary/aromatic N) is 2. The lowest BCUT2D eigenvalue weighted by molar-refractivity contribution is 0.148. The second-order valence-corrected chi connectivity index (χ2v) is 9.52. The molecule has 2 aliphatic carbocycles. The summed E-state index contributed by atoms with van der Waals surface area (Å²) in [4.78, 5) is 0. The summed E-state index contributed by atoms with van der Waals surface area (Å²) < 4.78 is 30.7. The molecule has 0 N–H and O–H groups in total. The molecule has 1 aromatic carbocycles. The van der Waals surface area contributed by atoms with Gasteiger partial charge in [0.05, 0.1) is 12.1 Å². The minimum atomic E-state index is -0.245. The Morgan fingerprint density at radius 2 is 2.03 bits per heavy atom. The van der Waals surface area contributed by atoms with Crippen molar-refractivity contribution in [2.24, 2.45) is 5.41 Å². The minimum Gasteiger partial charge on any atom is -0.337 e. The first-order chi connectivity index (χ1) is 14.7. The van der Waals surface area contributed by atoms with Crippen LogP contribution in [0, 0.1) is 22.6 Å². The van der Waals surface area contributed by atoms with Crippen LogP contribution in [-0.4, -0.2) is 4.57 Å². The second-order valence-electron chi connectivity index (χ2n) is 9.52. The zero-order valence-electron chi connectivity index (χ0n) is 18.8. The Kier molecular flexibility index (Phi) is 5.41. The Morgan fingerprint density at radius 1 is 1.32 bits per heavy atom. The summed E-state index contributed by atoms with van der Waals surface area (Å²) in [5, 5.41) is 10.4. The molecule has 1 aromatic heterocycles. The van der Waals surface area contributed by atoms with E-state index >= 15 is 0 Å². The number of hydrogen-bond acceptors (Lipinski definition) is 1. The molecule has 1 heterocycles. The number of nitriles is 1. The van der Waals surface area contributed by atoms with Crippen LogP contribution in [0.25, 0.3) is 10.9 Å². The average molecular weight is 421 g/mol. The molecule has 31 heavy (non-hydrogen) atoms. The summed E-state index contributed by atoms with van der Waals surface area (Å²) in [5.41, 5.74) is 4.54. The average Bonchev–Trinajstić information content (AvgIpc) is 3.04. The Balaban J connectivity index is 1.89. The molecule has 2 aliphatic rings. The predicted octanol–water partition coefficient (Wildman–Crippen LogP) is 8.00. The summed E-state index contributed by atoms with van der Waals surface area (Å²) in [6.07, 6.45) is 6.83. The fourth-order valence-electron chi connectivity index (χ4n) is 5.66. The molecule has 1 fully saturated rings. The van der Waals surface area contributed by atoms with Gasteiger partial charge in [0.1, 0.15) is 11.6 Å². The van der Waals surface area contributed by atoms with Crippen LogP contribution in [0.15, 0.2) is 53.9 Å². The highest BCUT2D eigenvalue weighted by atomic mass is 19.1. The topological polar surface area (TPSA) is 28.7 Å². The minimum absolute atomic E-state index is 0.00342. The molecule has 2 aromatic rings. The number of fused-ring (bicyclic) bond motifs is 1. The van der Waals surface area contributed by atoms with Crippen LogP contribution in [0.3, 0.4) is 0 Å². The predicted molar refractivity (Wildman–Crippen MR) is 122 cm³/mol. The van der Waals surface area contributed by atoms with Gasteiger partial charge in [-0.3, -0.25) is 0 Å². The molecule has 1 atom stereocenters. The van der Waals surface area contributed by atoms with Gasteiger partial charge in [0.2, 0.25) is 0 Å². The van der Waals surface area contributed by atoms with Gasteiger partial charge in [-0.05, 0) is 79.9 Å². The number of rotatable bonds is 5. The summed E-state index contributed by atoms with van der Waals surface area (Å²) >= 11 is 0. The van der Waals surface area contributed by atoms with Gasteiger partial charge in [0, 0.05) is 27.6 Å². The van der Waals surface area contributed by atoms with Crippen molar-refractivity contribution in [2.75, 3.05) is 0 Å². The number of hydrogen-bond donors (Lipinski definition) is 0. The van der Waals surface area contributed by atoms with Crippen molar-refractivity contribution in [3.63, 3.8) is 0 Å². The van der Waals surface area contributed by atoms with Crippen molar-refractivity contribution in [1.29, 1.82) is 5.26 Å². The van der Waals surface area contributed by atoms with Crippen LogP contribution in [0.4, 0.5) is 8.78 Å². The van der Waals surface area contributed by atoms with Crippen LogP contribution in [0.2, 0.25) is 0 Å². The van der Waals surface area contributed by atoms with Gasteiger partial charge < -0.3 is 4.57 Å². The quantitative estimate of drug-likeness (QED) is 0.450. The fraction of sp³-hybridized carbons (Fsp3) is 0.444. The van der Waals surface area contributed by atoms with E-state index in [4.69, 9.17) is 0 Å². The molecule has 0 saturated heterocycles. The molecular weight excluding hydrogens is 390 g/mol. The molecule has 4 rings (SSSR count). The van der Waals surface area contributed by atoms with Gasteiger partial charge in [0.15, 0.2) is 0 Å². The van der Waals surface area contributed by atoms with E-state index in [2.05, 4.69) is 38.0 Å². The number of aromatic nitrogens is 1. The molecular formula is C27H30F2N2. The van der Waals surface area contributed by atoms with Gasteiger partial charge in [-0.2, -0.15) is 5.26 Å². The van der Waals surface area contributed by atoms with E-state index < -0.39 is 0 Å². The lowest BCUT2D eigenvalue weighted by atomic mass is 9.55. The third-order valence-electron chi connectivity index (χ3n) is 7.41. The third kappa shape index (κ3) is 3.35. The lowest BCUT2D eigenvalue weighted by Gasteiger charge is -2.48. The first-order valence-electron chi connectivity index (χ1n) is 11.2. The SMILES string of the molecule is C=C(C#N)C1(CC)CC(c2c(C(C)C)n(C3C=C(C)C(F)=CC3)c3ccc(F)cc23)C1. The van der Waals surface area contributed by atoms with Gasteiger partial charge in [-0.25, -0.2) is 8.78 Å². The van der Waals surface area contributed by atoms with Crippen molar-refractivity contribution < 1.29 is 8.78 Å². The molecule has 0 aliphatic heterocycles. The van der Waals surface area contributed by atoms with Gasteiger partial charge in [0.25, 0.3) is 0 Å². The van der Waals surface area contributed by atoms with Crippen LogP contribution < -0.4 is 0 Å². The molecule has 1 saturated carbocycles. The molecule has 0 amide bonds. The molecule has 0 bridgehead atoms. The monoisotopic (exact) mass is 420 g/mol. The van der Waals surface area contributed by atoms with Gasteiger partial charge >= 0.3 is 0 Å². The zero-order valence-corrected chi connectivity index (χ0v) is 18.8. The number of benzene rings is 1. The summed E-state index contributed by atoms with van der Waals surface area (Å²) in [6, 6.07) is 7.29. The Hall–Kier alpha value is -2.67. The highest BCUT2D eigenvalue weighted by Gasteiger charge is 2.47. The summed E-state index contributed by atoms with van der Waals surface area (Å²) in [6.45, 7) is 12.3. The van der Waals surface area contributed by atoms with Crippen LogP contribution in [0.1, 0.15) is 82.5 Å². The van der Waals surface area contributed by atoms with E-state index in [1.165, 1.54) is 17.3 Å². The molecule has 162 valence electrons. The van der Waals surface area contributed by atoms with Crippen LogP contribution >= 0.6 is 0 Å². The first kappa shape index (κ1) is 21.6. The van der Waals surface area contributed by atoms with Crippen LogP contribution in [-0.2, 0) is 0 Å². The maximum Gasteiger partial charge on any atom is 0.123 e. The summed E-state index contributed by atoms with van der Waals surface area (Å²) in [7, 11) is 0. The van der Waals surface area contributed by atoms with Crippen LogP contribution in [0.5, 0.6) is 0 Å². The van der Waals surface area contributed by atoms with E-state index in [1.807, 2.05) is 12.1 Å². The third-order valence-corrected chi connectivity index (χ3v) is 7.41. The maximum absolute atomic E-state index is 14.4. The number of halogens is 2. The lowest BCUT2D eigenvalue weighted by Crippen LogP contribution is -2.37. The van der Waals surface area contributed by atoms with Crippen molar-refractivity contribution in [2.45, 2.75) is 71.3 Å². The Morgan fingerprint density at radius 3 is 2.61 bits per heavy atom. The standard InChI is InChI=1S/C27H30F2N2/c1-6-27(18(5)15-30)13-19(14-27)25-22-12-20(28)7-10-24(22)31(26(25)16(2)3)21-8-9-23(29)17(4)11-21/h7,9-12,16,19,21H,5-6,8,13-14H2,1-4H3. The van der Waals surface area contributed by atoms with E-state index in [1.54, 1.807) is 19.1 Å². The first-order valence-corrected chi connectivity index (χ1v) is 11.2. The van der Waals surface area contributed by atoms with E-state index in [9.17, 15) is 14.0 Å². The number of allylic oxidation sites excluding steroid dienone is 5. The molecule has 4 heteroatoms. The zero-order chi connectivity index (χ0) is 22.5. The highest BCUT2D eigenvalue weighted by molar-refractivity contribution is 5.87. The molecule has 0 spiro atoms. The highest BCUT2D eigenvalue weighted by Crippen LogP contribution is 2.59. The van der Waals surface area contributed by atoms with Crippen molar-refractivity contribution in [1.82, 2.24) is 4.57 Å². The van der Waals surface area contributed by atoms with E-state index in [0.29, 0.717) is 17.6 Å². The van der Waals surface area contributed by atoms with E-state index in [-0.39, 0.29) is 34.9 Å². The second kappa shape index (κ2) is 7.79. The van der Waals surface area contributed by atoms with E-state index in [0.717, 1.165) is 30.2 Å². The largest absolute Gasteiger partial charge is 0.337 e. The fourth-order valence-corrected chi connectivity index (χ4v) is 5.66. The van der Waals surface area contributed by atoms with Crippen molar-refractivity contribution in [3.05, 3.63) is 71.0 Å². The molecule has 0 radical (unpaired) electrons. The maximum atomic E-state index is 14.4. The van der Waals surface area contributed by atoms with Gasteiger partial charge in [-0.15, -0.1) is 0 Å². The molecule has 1 unspecified atom stereocenters. The normalized spacial score (nSPS) is 25.7. The van der Waals surface area contributed by atoms with Gasteiger partial charge in [-0.1, -0.05) is 33.4 Å². The van der Waals surface area contributed by atoms with Crippen molar-refractivity contribution >= 4 is 10.9 Å². The Labute approximate surface area is 183 Å². The summed E-state index contributed by atoms with van der Waals surface area (Å²) in [5.74, 6) is 0.0801.